The van der Waals surface area contributed by atoms with E-state index in [0.717, 1.165) is 6.42 Å². The fourth-order valence-electron chi connectivity index (χ4n) is 4.74. The van der Waals surface area contributed by atoms with Gasteiger partial charge in [0.15, 0.2) is 23.2 Å². The minimum atomic E-state index is -1.33. The fourth-order valence-corrected chi connectivity index (χ4v) is 4.74. The summed E-state index contributed by atoms with van der Waals surface area (Å²) < 4.78 is 27.2. The Kier molecular flexibility index (Phi) is 7.12. The second-order valence-corrected chi connectivity index (χ2v) is 9.65. The number of carbonyl (C=O) groups is 1. The molecule has 2 fully saturated rings. The number of carbonyl (C=O) groups excluding carboxylic acids is 1. The van der Waals surface area contributed by atoms with Crippen LogP contribution >= 0.6 is 0 Å². The largest absolute Gasteiger partial charge is 0.394 e. The number of hydrogen-bond acceptors (Lipinski definition) is 11. The molecule has 0 saturated carbocycles. The minimum absolute atomic E-state index is 0.0102. The van der Waals surface area contributed by atoms with Crippen molar-refractivity contribution in [1.82, 2.24) is 29.3 Å². The van der Waals surface area contributed by atoms with Crippen molar-refractivity contribution in [3.05, 3.63) is 54.4 Å². The van der Waals surface area contributed by atoms with Crippen molar-refractivity contribution in [1.29, 1.82) is 0 Å². The van der Waals surface area contributed by atoms with Crippen molar-refractivity contribution in [3.8, 4) is 5.95 Å². The summed E-state index contributed by atoms with van der Waals surface area (Å²) in [7, 11) is 0. The quantitative estimate of drug-likeness (QED) is 0.200. The molecule has 5 N–H and O–H groups in total. The maximum Gasteiger partial charge on any atom is 0.254 e. The van der Waals surface area contributed by atoms with Crippen LogP contribution in [0.1, 0.15) is 18.2 Å². The predicted molar refractivity (Wildman–Crippen MR) is 137 cm³/mol. The molecule has 0 unspecified atom stereocenters. The minimum Gasteiger partial charge on any atom is -0.394 e. The molecular formula is C25H27FN8O6. The van der Waals surface area contributed by atoms with Gasteiger partial charge in [-0.05, 0) is 24.1 Å². The Labute approximate surface area is 226 Å². The van der Waals surface area contributed by atoms with Crippen LogP contribution < -0.4 is 10.6 Å². The van der Waals surface area contributed by atoms with Gasteiger partial charge in [-0.25, -0.2) is 14.1 Å². The van der Waals surface area contributed by atoms with Crippen LogP contribution in [-0.2, 0) is 20.7 Å². The lowest BCUT2D eigenvalue weighted by Gasteiger charge is -2.17. The second-order valence-electron chi connectivity index (χ2n) is 9.65. The van der Waals surface area contributed by atoms with Gasteiger partial charge >= 0.3 is 0 Å². The molecule has 1 aromatic carbocycles. The summed E-state index contributed by atoms with van der Waals surface area (Å²) in [4.78, 5) is 26.2. The smallest absolute Gasteiger partial charge is 0.254 e. The number of anilines is 2. The van der Waals surface area contributed by atoms with Crippen molar-refractivity contribution in [2.24, 2.45) is 0 Å². The van der Waals surface area contributed by atoms with Crippen LogP contribution in [0.25, 0.3) is 17.1 Å². The monoisotopic (exact) mass is 554 g/mol. The number of ether oxygens (including phenoxy) is 2. The van der Waals surface area contributed by atoms with Crippen molar-refractivity contribution in [2.75, 3.05) is 30.5 Å². The number of aromatic nitrogens is 6. The van der Waals surface area contributed by atoms with Gasteiger partial charge in [-0.2, -0.15) is 15.1 Å². The van der Waals surface area contributed by atoms with Gasteiger partial charge in [-0.1, -0.05) is 12.1 Å². The summed E-state index contributed by atoms with van der Waals surface area (Å²) in [6.07, 6.45) is 0.563. The highest BCUT2D eigenvalue weighted by atomic mass is 19.1. The SMILES string of the molecule is O=C(Cc1ccc(F)cc1)Nc1cnn(-c2nc(N[C@@H]3CCOC3)c3ncn([C@@H]4O[C@H](CO)[C@@H](O)[C@H]4O)c3n2)c1. The van der Waals surface area contributed by atoms with E-state index in [2.05, 4.69) is 30.7 Å². The number of nitrogens with zero attached hydrogens (tertiary/aromatic N) is 6. The van der Waals surface area contributed by atoms with Crippen LogP contribution in [0, 0.1) is 5.82 Å². The zero-order valence-corrected chi connectivity index (χ0v) is 21.1. The number of imidazole rings is 1. The first kappa shape index (κ1) is 26.2. The van der Waals surface area contributed by atoms with Crippen LogP contribution in [-0.4, -0.2) is 94.7 Å². The van der Waals surface area contributed by atoms with E-state index in [-0.39, 0.29) is 30.1 Å². The van der Waals surface area contributed by atoms with E-state index < -0.39 is 31.1 Å². The van der Waals surface area contributed by atoms with Crippen molar-refractivity contribution >= 4 is 28.6 Å². The second kappa shape index (κ2) is 10.9. The molecule has 6 rings (SSSR count). The van der Waals surface area contributed by atoms with Crippen molar-refractivity contribution in [3.63, 3.8) is 0 Å². The number of hydrogen-bond donors (Lipinski definition) is 5. The van der Waals surface area contributed by atoms with Crippen molar-refractivity contribution in [2.45, 2.75) is 43.4 Å². The van der Waals surface area contributed by atoms with Gasteiger partial charge in [-0.15, -0.1) is 0 Å². The lowest BCUT2D eigenvalue weighted by Crippen LogP contribution is -2.33. The van der Waals surface area contributed by atoms with E-state index in [1.54, 1.807) is 18.3 Å². The van der Waals surface area contributed by atoms with Crippen LogP contribution in [0.5, 0.6) is 0 Å². The van der Waals surface area contributed by atoms with E-state index in [1.807, 2.05) is 0 Å². The number of amides is 1. The van der Waals surface area contributed by atoms with Gasteiger partial charge < -0.3 is 35.4 Å². The molecule has 15 heteroatoms. The maximum absolute atomic E-state index is 13.2. The number of nitrogens with one attached hydrogen (secondary N) is 2. The van der Waals surface area contributed by atoms with Gasteiger partial charge in [0.05, 0.1) is 50.1 Å². The summed E-state index contributed by atoms with van der Waals surface area (Å²) in [6, 6.07) is 5.66. The summed E-state index contributed by atoms with van der Waals surface area (Å²) in [6.45, 7) is 0.622. The number of fused-ring (bicyclic) bond motifs is 1. The van der Waals surface area contributed by atoms with Crippen LogP contribution in [0.4, 0.5) is 15.9 Å². The van der Waals surface area contributed by atoms with Gasteiger partial charge in [0.1, 0.15) is 24.1 Å². The predicted octanol–water partition coefficient (Wildman–Crippen LogP) is 0.145. The number of aliphatic hydroxyl groups is 3. The average Bonchev–Trinajstić information content (AvgIpc) is 3.75. The van der Waals surface area contributed by atoms with Gasteiger partial charge in [-0.3, -0.25) is 9.36 Å². The molecule has 2 aliphatic rings. The normalized spacial score (nSPS) is 24.6. The van der Waals surface area contributed by atoms with E-state index in [9.17, 15) is 24.5 Å². The zero-order chi connectivity index (χ0) is 27.8. The Morgan fingerprint density at radius 2 is 2.00 bits per heavy atom. The lowest BCUT2D eigenvalue weighted by molar-refractivity contribution is -0.115. The molecule has 1 amide bonds. The Morgan fingerprint density at radius 1 is 1.18 bits per heavy atom. The molecule has 0 radical (unpaired) electrons. The highest BCUT2D eigenvalue weighted by Gasteiger charge is 2.44. The van der Waals surface area contributed by atoms with E-state index in [4.69, 9.17) is 9.47 Å². The maximum atomic E-state index is 13.2. The molecule has 40 heavy (non-hydrogen) atoms. The van der Waals surface area contributed by atoms with Gasteiger partial charge in [0, 0.05) is 6.61 Å². The number of benzene rings is 1. The average molecular weight is 555 g/mol. The first-order chi connectivity index (χ1) is 19.4. The van der Waals surface area contributed by atoms with Gasteiger partial charge in [0.2, 0.25) is 5.91 Å². The standard InChI is InChI=1S/C25H27FN8O6/c26-14-3-1-13(2-4-14)7-18(36)29-16-8-28-34(9-16)25-31-22(30-15-5-6-39-11-15)19-23(32-25)33(12-27-19)24-21(38)20(37)17(10-35)40-24/h1-4,8-9,12,15,17,20-21,24,35,37-38H,5-7,10-11H2,(H,29,36)(H,30,31,32)/t15-,17-,20-,21-,24-/m1/s1. The molecule has 0 aliphatic carbocycles. The summed E-state index contributed by atoms with van der Waals surface area (Å²) in [5.41, 5.74) is 1.74. The van der Waals surface area contributed by atoms with E-state index >= 15 is 0 Å². The molecule has 5 atom stereocenters. The molecule has 14 nitrogen and oxygen atoms in total. The highest BCUT2D eigenvalue weighted by Crippen LogP contribution is 2.33. The van der Waals surface area contributed by atoms with Gasteiger partial charge in [0.25, 0.3) is 5.95 Å². The zero-order valence-electron chi connectivity index (χ0n) is 21.1. The molecule has 4 aromatic rings. The Balaban J connectivity index is 1.30. The Morgan fingerprint density at radius 3 is 2.73 bits per heavy atom. The number of aliphatic hydroxyl groups excluding tert-OH is 3. The highest BCUT2D eigenvalue weighted by molar-refractivity contribution is 5.92. The Bertz CT molecular complexity index is 1500. The third-order valence-electron chi connectivity index (χ3n) is 6.82. The molecule has 5 heterocycles. The fraction of sp³-hybridized carbons (Fsp3) is 0.400. The topological polar surface area (TPSA) is 182 Å². The third kappa shape index (κ3) is 5.12. The first-order valence-corrected chi connectivity index (χ1v) is 12.7. The van der Waals surface area contributed by atoms with E-state index in [1.165, 1.54) is 33.9 Å². The molecule has 210 valence electrons. The first-order valence-electron chi connectivity index (χ1n) is 12.7. The van der Waals surface area contributed by atoms with Crippen LogP contribution in [0.3, 0.4) is 0 Å². The summed E-state index contributed by atoms with van der Waals surface area (Å²) in [5, 5.41) is 40.7. The van der Waals surface area contributed by atoms with Crippen LogP contribution in [0.2, 0.25) is 0 Å². The molecule has 0 bridgehead atoms. The Hall–Kier alpha value is -4.02. The molecule has 3 aromatic heterocycles. The van der Waals surface area contributed by atoms with Crippen LogP contribution in [0.15, 0.2) is 43.0 Å². The summed E-state index contributed by atoms with van der Waals surface area (Å²) >= 11 is 0. The number of halogens is 1. The number of rotatable bonds is 8. The third-order valence-corrected chi connectivity index (χ3v) is 6.82. The molecule has 2 saturated heterocycles. The summed E-state index contributed by atoms with van der Waals surface area (Å²) in [5.74, 6) is -0.148. The molecular weight excluding hydrogens is 527 g/mol. The van der Waals surface area contributed by atoms with Crippen molar-refractivity contribution < 1.29 is 34.0 Å². The van der Waals surface area contributed by atoms with E-state index in [0.29, 0.717) is 41.4 Å². The molecule has 0 spiro atoms. The lowest BCUT2D eigenvalue weighted by atomic mass is 10.1. The molecule has 2 aliphatic heterocycles.